The van der Waals surface area contributed by atoms with Crippen molar-refractivity contribution in [2.75, 3.05) is 18.5 Å². The first-order chi connectivity index (χ1) is 9.54. The Morgan fingerprint density at radius 1 is 1.20 bits per heavy atom. The van der Waals surface area contributed by atoms with Crippen LogP contribution in [0.5, 0.6) is 0 Å². The molecule has 0 heterocycles. The Morgan fingerprint density at radius 3 is 2.35 bits per heavy atom. The van der Waals surface area contributed by atoms with Gasteiger partial charge in [0.05, 0.1) is 0 Å². The SMILES string of the molecule is CC1CCCCC1N(C)c1c(F)cc(CCN)cc1F. The van der Waals surface area contributed by atoms with Crippen molar-refractivity contribution in [2.45, 2.75) is 45.1 Å². The molecule has 0 spiro atoms. The fraction of sp³-hybridized carbons (Fsp3) is 0.625. The van der Waals surface area contributed by atoms with Gasteiger partial charge in [0.15, 0.2) is 0 Å². The highest BCUT2D eigenvalue weighted by Crippen LogP contribution is 2.33. The molecule has 2 atom stereocenters. The maximum absolute atomic E-state index is 14.2. The van der Waals surface area contributed by atoms with E-state index in [2.05, 4.69) is 6.92 Å². The van der Waals surface area contributed by atoms with Gasteiger partial charge in [-0.25, -0.2) is 8.78 Å². The van der Waals surface area contributed by atoms with Crippen LogP contribution in [0.4, 0.5) is 14.5 Å². The Kier molecular flexibility index (Phi) is 4.97. The van der Waals surface area contributed by atoms with Gasteiger partial charge >= 0.3 is 0 Å². The lowest BCUT2D eigenvalue weighted by Gasteiger charge is -2.38. The highest BCUT2D eigenvalue weighted by Gasteiger charge is 2.28. The van der Waals surface area contributed by atoms with Gasteiger partial charge in [-0.2, -0.15) is 0 Å². The van der Waals surface area contributed by atoms with Crippen LogP contribution < -0.4 is 10.6 Å². The van der Waals surface area contributed by atoms with E-state index in [9.17, 15) is 8.78 Å². The van der Waals surface area contributed by atoms with Crippen LogP contribution >= 0.6 is 0 Å². The zero-order chi connectivity index (χ0) is 14.7. The van der Waals surface area contributed by atoms with E-state index in [4.69, 9.17) is 5.73 Å². The second kappa shape index (κ2) is 6.53. The van der Waals surface area contributed by atoms with Crippen LogP contribution in [0.1, 0.15) is 38.2 Å². The number of hydrogen-bond acceptors (Lipinski definition) is 2. The van der Waals surface area contributed by atoms with Crippen LogP contribution in [0, 0.1) is 17.6 Å². The summed E-state index contributed by atoms with van der Waals surface area (Å²) in [5, 5.41) is 0. The van der Waals surface area contributed by atoms with Gasteiger partial charge in [0, 0.05) is 13.1 Å². The Labute approximate surface area is 120 Å². The van der Waals surface area contributed by atoms with Crippen LogP contribution in [0.15, 0.2) is 12.1 Å². The highest BCUT2D eigenvalue weighted by molar-refractivity contribution is 5.51. The van der Waals surface area contributed by atoms with Crippen LogP contribution in [-0.2, 0) is 6.42 Å². The summed E-state index contributed by atoms with van der Waals surface area (Å²) in [7, 11) is 1.80. The van der Waals surface area contributed by atoms with Gasteiger partial charge in [-0.05, 0) is 49.4 Å². The van der Waals surface area contributed by atoms with Gasteiger partial charge in [-0.1, -0.05) is 19.8 Å². The quantitative estimate of drug-likeness (QED) is 0.916. The zero-order valence-corrected chi connectivity index (χ0v) is 12.3. The molecule has 1 aliphatic rings. The molecule has 0 bridgehead atoms. The Morgan fingerprint density at radius 2 is 1.80 bits per heavy atom. The van der Waals surface area contributed by atoms with Crippen molar-refractivity contribution in [1.82, 2.24) is 0 Å². The summed E-state index contributed by atoms with van der Waals surface area (Å²) in [6, 6.07) is 3.04. The van der Waals surface area contributed by atoms with Gasteiger partial charge in [0.2, 0.25) is 0 Å². The van der Waals surface area contributed by atoms with Gasteiger partial charge in [0.25, 0.3) is 0 Å². The van der Waals surface area contributed by atoms with Crippen LogP contribution in [0.3, 0.4) is 0 Å². The van der Waals surface area contributed by atoms with Crippen molar-refractivity contribution < 1.29 is 8.78 Å². The monoisotopic (exact) mass is 282 g/mol. The van der Waals surface area contributed by atoms with E-state index in [-0.39, 0.29) is 11.7 Å². The van der Waals surface area contributed by atoms with Gasteiger partial charge in [-0.3, -0.25) is 0 Å². The minimum absolute atomic E-state index is 0.101. The third kappa shape index (κ3) is 3.11. The van der Waals surface area contributed by atoms with Crippen LogP contribution in [0.2, 0.25) is 0 Å². The summed E-state index contributed by atoms with van der Waals surface area (Å²) in [4.78, 5) is 1.79. The van der Waals surface area contributed by atoms with E-state index < -0.39 is 11.6 Å². The van der Waals surface area contributed by atoms with Crippen LogP contribution in [-0.4, -0.2) is 19.6 Å². The molecule has 0 saturated heterocycles. The lowest BCUT2D eigenvalue weighted by molar-refractivity contribution is 0.318. The molecule has 20 heavy (non-hydrogen) atoms. The molecule has 1 aromatic carbocycles. The maximum atomic E-state index is 14.2. The molecular formula is C16H24F2N2. The van der Waals surface area contributed by atoms with E-state index in [1.807, 2.05) is 0 Å². The summed E-state index contributed by atoms with van der Waals surface area (Å²) >= 11 is 0. The molecule has 112 valence electrons. The fourth-order valence-corrected chi connectivity index (χ4v) is 3.30. The fourth-order valence-electron chi connectivity index (χ4n) is 3.30. The van der Waals surface area contributed by atoms with E-state index in [0.717, 1.165) is 19.3 Å². The number of hydrogen-bond donors (Lipinski definition) is 1. The molecular weight excluding hydrogens is 258 g/mol. The van der Waals surface area contributed by atoms with Crippen molar-refractivity contribution in [3.63, 3.8) is 0 Å². The van der Waals surface area contributed by atoms with Gasteiger partial charge in [0.1, 0.15) is 17.3 Å². The average molecular weight is 282 g/mol. The number of nitrogens with two attached hydrogens (primary N) is 1. The first kappa shape index (κ1) is 15.2. The van der Waals surface area contributed by atoms with E-state index >= 15 is 0 Å². The molecule has 4 heteroatoms. The van der Waals surface area contributed by atoms with Crippen molar-refractivity contribution in [3.8, 4) is 0 Å². The summed E-state index contributed by atoms with van der Waals surface area (Å²) in [6.45, 7) is 2.56. The molecule has 1 aromatic rings. The third-order valence-electron chi connectivity index (χ3n) is 4.43. The Hall–Kier alpha value is -1.16. The lowest BCUT2D eigenvalue weighted by Crippen LogP contribution is -2.40. The largest absolute Gasteiger partial charge is 0.367 e. The summed E-state index contributed by atoms with van der Waals surface area (Å²) in [5.74, 6) is -0.487. The number of rotatable bonds is 4. The standard InChI is InChI=1S/C16H24F2N2/c1-11-5-3-4-6-15(11)20(2)16-13(17)9-12(7-8-19)10-14(16)18/h9-11,15H,3-8,19H2,1-2H3. The molecule has 2 unspecified atom stereocenters. The van der Waals surface area contributed by atoms with Crippen molar-refractivity contribution in [2.24, 2.45) is 11.7 Å². The zero-order valence-electron chi connectivity index (χ0n) is 12.3. The summed E-state index contributed by atoms with van der Waals surface area (Å²) in [5.41, 5.74) is 6.16. The summed E-state index contributed by atoms with van der Waals surface area (Å²) in [6.07, 6.45) is 4.97. The van der Waals surface area contributed by atoms with E-state index in [0.29, 0.717) is 24.4 Å². The average Bonchev–Trinajstić information content (AvgIpc) is 2.38. The van der Waals surface area contributed by atoms with Crippen molar-refractivity contribution in [1.29, 1.82) is 0 Å². The molecule has 0 aromatic heterocycles. The predicted molar refractivity (Wildman–Crippen MR) is 78.9 cm³/mol. The van der Waals surface area contributed by atoms with E-state index in [1.54, 1.807) is 11.9 Å². The molecule has 1 fully saturated rings. The molecule has 1 saturated carbocycles. The van der Waals surface area contributed by atoms with Crippen molar-refractivity contribution in [3.05, 3.63) is 29.3 Å². The number of benzene rings is 1. The molecule has 0 radical (unpaired) electrons. The lowest BCUT2D eigenvalue weighted by atomic mass is 9.85. The molecule has 2 N–H and O–H groups in total. The summed E-state index contributed by atoms with van der Waals surface area (Å²) < 4.78 is 28.5. The molecule has 0 amide bonds. The number of anilines is 1. The molecule has 2 rings (SSSR count). The second-order valence-corrected chi connectivity index (χ2v) is 5.89. The second-order valence-electron chi connectivity index (χ2n) is 5.89. The van der Waals surface area contributed by atoms with Gasteiger partial charge < -0.3 is 10.6 Å². The predicted octanol–water partition coefficient (Wildman–Crippen LogP) is 3.48. The topological polar surface area (TPSA) is 29.3 Å². The number of halogens is 2. The molecule has 2 nitrogen and oxygen atoms in total. The van der Waals surface area contributed by atoms with Crippen LogP contribution in [0.25, 0.3) is 0 Å². The third-order valence-corrected chi connectivity index (χ3v) is 4.43. The Bertz CT molecular complexity index is 439. The van der Waals surface area contributed by atoms with Gasteiger partial charge in [-0.15, -0.1) is 0 Å². The normalized spacial score (nSPS) is 22.9. The molecule has 1 aliphatic carbocycles. The van der Waals surface area contributed by atoms with E-state index in [1.165, 1.54) is 18.6 Å². The Balaban J connectivity index is 2.27. The van der Waals surface area contributed by atoms with Crippen molar-refractivity contribution >= 4 is 5.69 Å². The minimum Gasteiger partial charge on any atom is -0.367 e. The first-order valence-corrected chi connectivity index (χ1v) is 7.45. The maximum Gasteiger partial charge on any atom is 0.149 e. The number of nitrogens with zero attached hydrogens (tertiary/aromatic N) is 1. The smallest absolute Gasteiger partial charge is 0.149 e. The highest BCUT2D eigenvalue weighted by atomic mass is 19.1. The first-order valence-electron chi connectivity index (χ1n) is 7.45. The minimum atomic E-state index is -0.478. The molecule has 0 aliphatic heterocycles.